The molecule has 126 valence electrons. The second-order valence-electron chi connectivity index (χ2n) is 5.88. The molecule has 0 saturated heterocycles. The predicted octanol–water partition coefficient (Wildman–Crippen LogP) is 3.48. The van der Waals surface area contributed by atoms with Gasteiger partial charge in [0.05, 0.1) is 13.2 Å². The third kappa shape index (κ3) is 6.67. The zero-order chi connectivity index (χ0) is 16.4. The van der Waals surface area contributed by atoms with E-state index in [9.17, 15) is 0 Å². The Bertz CT molecular complexity index is 422. The van der Waals surface area contributed by atoms with Crippen LogP contribution in [0.2, 0.25) is 0 Å². The highest BCUT2D eigenvalue weighted by atomic mass is 16.5. The van der Waals surface area contributed by atoms with Crippen LogP contribution in [-0.4, -0.2) is 45.3 Å². The highest BCUT2D eigenvalue weighted by Crippen LogP contribution is 2.31. The first kappa shape index (κ1) is 18.8. The Morgan fingerprint density at radius 1 is 1.05 bits per heavy atom. The Kier molecular flexibility index (Phi) is 8.94. The van der Waals surface area contributed by atoms with Gasteiger partial charge in [0.2, 0.25) is 0 Å². The normalized spacial score (nSPS) is 12.5. The molecule has 0 radical (unpaired) electrons. The van der Waals surface area contributed by atoms with Crippen molar-refractivity contribution in [3.8, 4) is 11.5 Å². The van der Waals surface area contributed by atoms with Gasteiger partial charge in [0, 0.05) is 19.1 Å². The zero-order valence-electron chi connectivity index (χ0n) is 14.8. The molecule has 0 amide bonds. The van der Waals surface area contributed by atoms with Crippen molar-refractivity contribution in [2.45, 2.75) is 39.7 Å². The molecule has 0 heterocycles. The third-order valence-electron chi connectivity index (χ3n) is 3.40. The van der Waals surface area contributed by atoms with Crippen molar-refractivity contribution in [2.24, 2.45) is 0 Å². The lowest BCUT2D eigenvalue weighted by Crippen LogP contribution is -2.28. The molecule has 0 spiro atoms. The van der Waals surface area contributed by atoms with Gasteiger partial charge >= 0.3 is 0 Å². The van der Waals surface area contributed by atoms with Crippen molar-refractivity contribution in [1.29, 1.82) is 0 Å². The fourth-order valence-corrected chi connectivity index (χ4v) is 2.07. The first-order chi connectivity index (χ1) is 10.6. The second kappa shape index (κ2) is 10.5. The van der Waals surface area contributed by atoms with E-state index in [1.807, 2.05) is 6.07 Å². The molecule has 22 heavy (non-hydrogen) atoms. The van der Waals surface area contributed by atoms with Gasteiger partial charge in [-0.25, -0.2) is 0 Å². The van der Waals surface area contributed by atoms with Gasteiger partial charge in [-0.1, -0.05) is 19.9 Å². The predicted molar refractivity (Wildman–Crippen MR) is 93.0 cm³/mol. The van der Waals surface area contributed by atoms with E-state index in [2.05, 4.69) is 57.2 Å². The van der Waals surface area contributed by atoms with Crippen LogP contribution < -0.4 is 14.8 Å². The number of hydrogen-bond donors (Lipinski definition) is 1. The molecule has 0 bridgehead atoms. The Hall–Kier alpha value is -1.26. The summed E-state index contributed by atoms with van der Waals surface area (Å²) in [6.07, 6.45) is 1.99. The van der Waals surface area contributed by atoms with Gasteiger partial charge in [-0.2, -0.15) is 0 Å². The Morgan fingerprint density at radius 2 is 1.68 bits per heavy atom. The molecule has 1 rings (SSSR count). The van der Waals surface area contributed by atoms with Gasteiger partial charge in [0.15, 0.2) is 11.5 Å². The van der Waals surface area contributed by atoms with Crippen LogP contribution in [-0.2, 0) is 0 Å². The molecule has 0 aromatic heterocycles. The van der Waals surface area contributed by atoms with Gasteiger partial charge in [-0.3, -0.25) is 0 Å². The molecular weight excluding hydrogens is 276 g/mol. The molecule has 1 unspecified atom stereocenters. The quantitative estimate of drug-likeness (QED) is 0.678. The minimum atomic E-state index is 0.296. The van der Waals surface area contributed by atoms with Crippen LogP contribution in [0.3, 0.4) is 0 Å². The van der Waals surface area contributed by atoms with Gasteiger partial charge in [0.1, 0.15) is 0 Å². The molecule has 0 aliphatic rings. The van der Waals surface area contributed by atoms with Gasteiger partial charge in [-0.05, 0) is 51.6 Å². The van der Waals surface area contributed by atoms with Crippen LogP contribution in [0.4, 0.5) is 0 Å². The number of nitrogens with zero attached hydrogens (tertiary/aromatic N) is 1. The van der Waals surface area contributed by atoms with E-state index in [4.69, 9.17) is 9.47 Å². The molecule has 1 aromatic carbocycles. The smallest absolute Gasteiger partial charge is 0.161 e. The number of rotatable bonds is 11. The Morgan fingerprint density at radius 3 is 2.27 bits per heavy atom. The van der Waals surface area contributed by atoms with E-state index in [-0.39, 0.29) is 0 Å². The first-order valence-corrected chi connectivity index (χ1v) is 8.36. The topological polar surface area (TPSA) is 33.7 Å². The standard InChI is InChI=1S/C18H32N2O2/c1-6-12-21-17-9-8-16(14-18(17)22-13-7-2)15(3)19-10-11-20(4)5/h8-9,14-15,19H,6-7,10-13H2,1-5H3. The summed E-state index contributed by atoms with van der Waals surface area (Å²) in [6.45, 7) is 9.84. The summed E-state index contributed by atoms with van der Waals surface area (Å²) in [7, 11) is 4.17. The lowest BCUT2D eigenvalue weighted by molar-refractivity contribution is 0.268. The molecular formula is C18H32N2O2. The lowest BCUT2D eigenvalue weighted by Gasteiger charge is -2.19. The minimum Gasteiger partial charge on any atom is -0.490 e. The molecule has 0 aliphatic carbocycles. The maximum Gasteiger partial charge on any atom is 0.161 e. The third-order valence-corrected chi connectivity index (χ3v) is 3.40. The average Bonchev–Trinajstić information content (AvgIpc) is 2.50. The maximum atomic E-state index is 5.86. The van der Waals surface area contributed by atoms with Crippen molar-refractivity contribution in [2.75, 3.05) is 40.4 Å². The number of likely N-dealkylation sites (N-methyl/N-ethyl adjacent to an activating group) is 1. The van der Waals surface area contributed by atoms with Crippen molar-refractivity contribution < 1.29 is 9.47 Å². The Labute approximate surface area is 135 Å². The van der Waals surface area contributed by atoms with E-state index in [1.165, 1.54) is 5.56 Å². The van der Waals surface area contributed by atoms with Crippen molar-refractivity contribution in [3.63, 3.8) is 0 Å². The van der Waals surface area contributed by atoms with Crippen LogP contribution in [0.15, 0.2) is 18.2 Å². The van der Waals surface area contributed by atoms with Crippen molar-refractivity contribution >= 4 is 0 Å². The lowest BCUT2D eigenvalue weighted by atomic mass is 10.1. The maximum absolute atomic E-state index is 5.86. The van der Waals surface area contributed by atoms with Gasteiger partial charge in [-0.15, -0.1) is 0 Å². The largest absolute Gasteiger partial charge is 0.490 e. The van der Waals surface area contributed by atoms with Crippen LogP contribution in [0, 0.1) is 0 Å². The van der Waals surface area contributed by atoms with Crippen LogP contribution >= 0.6 is 0 Å². The zero-order valence-corrected chi connectivity index (χ0v) is 14.8. The average molecular weight is 308 g/mol. The SMILES string of the molecule is CCCOc1ccc(C(C)NCCN(C)C)cc1OCCC. The molecule has 4 nitrogen and oxygen atoms in total. The molecule has 0 saturated carbocycles. The van der Waals surface area contributed by atoms with E-state index >= 15 is 0 Å². The van der Waals surface area contributed by atoms with E-state index in [0.29, 0.717) is 12.6 Å². The number of ether oxygens (including phenoxy) is 2. The van der Waals surface area contributed by atoms with Crippen LogP contribution in [0.5, 0.6) is 11.5 Å². The molecule has 1 aromatic rings. The van der Waals surface area contributed by atoms with Crippen LogP contribution in [0.25, 0.3) is 0 Å². The van der Waals surface area contributed by atoms with E-state index in [1.54, 1.807) is 0 Å². The summed E-state index contributed by atoms with van der Waals surface area (Å²) in [5.74, 6) is 1.70. The summed E-state index contributed by atoms with van der Waals surface area (Å²) in [5.41, 5.74) is 1.23. The van der Waals surface area contributed by atoms with E-state index in [0.717, 1.165) is 44.0 Å². The molecule has 1 atom stereocenters. The van der Waals surface area contributed by atoms with Crippen molar-refractivity contribution in [1.82, 2.24) is 10.2 Å². The summed E-state index contributed by atoms with van der Waals surface area (Å²) in [6, 6.07) is 6.55. The molecule has 1 N–H and O–H groups in total. The molecule has 0 fully saturated rings. The summed E-state index contributed by atoms with van der Waals surface area (Å²) in [4.78, 5) is 2.18. The molecule has 4 heteroatoms. The monoisotopic (exact) mass is 308 g/mol. The van der Waals surface area contributed by atoms with Gasteiger partial charge in [0.25, 0.3) is 0 Å². The number of hydrogen-bond acceptors (Lipinski definition) is 4. The highest BCUT2D eigenvalue weighted by Gasteiger charge is 2.11. The summed E-state index contributed by atoms with van der Waals surface area (Å²) < 4.78 is 11.6. The fourth-order valence-electron chi connectivity index (χ4n) is 2.07. The number of nitrogens with one attached hydrogen (secondary N) is 1. The fraction of sp³-hybridized carbons (Fsp3) is 0.667. The second-order valence-corrected chi connectivity index (χ2v) is 5.88. The highest BCUT2D eigenvalue weighted by molar-refractivity contribution is 5.43. The van der Waals surface area contributed by atoms with Crippen molar-refractivity contribution in [3.05, 3.63) is 23.8 Å². The summed E-state index contributed by atoms with van der Waals surface area (Å²) in [5, 5.41) is 3.54. The number of benzene rings is 1. The summed E-state index contributed by atoms with van der Waals surface area (Å²) >= 11 is 0. The van der Waals surface area contributed by atoms with Crippen LogP contribution in [0.1, 0.15) is 45.2 Å². The molecule has 0 aliphatic heterocycles. The Balaban J connectivity index is 2.73. The minimum absolute atomic E-state index is 0.296. The first-order valence-electron chi connectivity index (χ1n) is 8.36. The van der Waals surface area contributed by atoms with E-state index < -0.39 is 0 Å². The van der Waals surface area contributed by atoms with Gasteiger partial charge < -0.3 is 19.7 Å².